The summed E-state index contributed by atoms with van der Waals surface area (Å²) < 4.78 is 27.5. The quantitative estimate of drug-likeness (QED) is 0.131. The van der Waals surface area contributed by atoms with Crippen LogP contribution >= 0.6 is 0 Å². The topological polar surface area (TPSA) is 145 Å². The Morgan fingerprint density at radius 1 is 0.583 bits per heavy atom. The van der Waals surface area contributed by atoms with Gasteiger partial charge in [-0.1, -0.05) is 19.6 Å². The molecule has 1 aliphatic heterocycles. The number of fused-ring (bicyclic) bond motifs is 4. The van der Waals surface area contributed by atoms with Crippen molar-refractivity contribution in [3.63, 3.8) is 0 Å². The molecule has 0 spiro atoms. The second-order valence-corrected chi connectivity index (χ2v) is 14.0. The van der Waals surface area contributed by atoms with E-state index in [4.69, 9.17) is 33.7 Å². The normalized spacial score (nSPS) is 11.6. The van der Waals surface area contributed by atoms with Gasteiger partial charge in [-0.05, 0) is 96.9 Å². The molecular weight excluding hydrogens is 755 g/mol. The van der Waals surface area contributed by atoms with Gasteiger partial charge in [0.25, 0.3) is 0 Å². The maximum Gasteiger partial charge on any atom is 0.203 e. The number of imidazole rings is 2. The predicted molar refractivity (Wildman–Crippen MR) is 240 cm³/mol. The molecule has 0 unspecified atom stereocenters. The standard InChI is InChI=1S/C24H21N3O2.C23H20N4O3.CH4/c1-14-21(28-2)12-17(13-22(14)29-3)18-5-4-6-20-23(18)27-24(26-20)16-7-8-19-15(11-16)9-10-25-19;1-28-18-11-15(12-19(29-2)22(18)30-3)20-21-17(7-9-25-20)26-23(27-21)14-4-5-16-13(10-14)6-8-24-16;/h4-8,10-13H,9H2,1-3H3,(H,26,27);4-12,24H,1-3H3,(H,26,27);1H4. The van der Waals surface area contributed by atoms with Gasteiger partial charge in [0.2, 0.25) is 5.75 Å². The zero-order chi connectivity index (χ0) is 40.6. The van der Waals surface area contributed by atoms with E-state index >= 15 is 0 Å². The Bertz CT molecular complexity index is 3000. The SMILES string of the molecule is C.COc1cc(-c2cccc3[nH]c(-c4ccc5c(c4)CC=N5)nc23)cc(OC)c1C.COc1cc(-c2nccc3[nH]c(-c4ccc5[nH]ccc5c4)nc23)cc(OC)c1OC. The van der Waals surface area contributed by atoms with Crippen molar-refractivity contribution in [2.75, 3.05) is 35.5 Å². The number of hydrogen-bond donors (Lipinski definition) is 3. The number of pyridine rings is 1. The summed E-state index contributed by atoms with van der Waals surface area (Å²) in [7, 11) is 8.13. The third-order valence-corrected chi connectivity index (χ3v) is 10.6. The van der Waals surface area contributed by atoms with E-state index in [1.165, 1.54) is 5.56 Å². The minimum Gasteiger partial charge on any atom is -0.496 e. The van der Waals surface area contributed by atoms with Crippen molar-refractivity contribution >= 4 is 44.9 Å². The van der Waals surface area contributed by atoms with Crippen LogP contribution in [0.3, 0.4) is 0 Å². The number of rotatable bonds is 9. The lowest BCUT2D eigenvalue weighted by atomic mass is 10.0. The average molecular weight is 800 g/mol. The van der Waals surface area contributed by atoms with Gasteiger partial charge in [-0.2, -0.15) is 0 Å². The highest BCUT2D eigenvalue weighted by Crippen LogP contribution is 2.42. The van der Waals surface area contributed by atoms with Crippen LogP contribution in [0.25, 0.3) is 78.1 Å². The van der Waals surface area contributed by atoms with Crippen LogP contribution in [0, 0.1) is 6.92 Å². The number of aliphatic imine (C=N–C) groups is 1. The lowest BCUT2D eigenvalue weighted by Crippen LogP contribution is -1.96. The van der Waals surface area contributed by atoms with E-state index in [1.54, 1.807) is 41.7 Å². The molecule has 3 N–H and O–H groups in total. The van der Waals surface area contributed by atoms with Gasteiger partial charge in [0.1, 0.15) is 28.7 Å². The molecular formula is C48H45N7O5. The molecule has 0 aliphatic carbocycles. The zero-order valence-electron chi connectivity index (χ0n) is 33.4. The number of methoxy groups -OCH3 is 5. The zero-order valence-corrected chi connectivity index (χ0v) is 33.4. The van der Waals surface area contributed by atoms with Crippen LogP contribution in [0.1, 0.15) is 18.6 Å². The second-order valence-electron chi connectivity index (χ2n) is 14.0. The first-order valence-electron chi connectivity index (χ1n) is 19.0. The van der Waals surface area contributed by atoms with Gasteiger partial charge in [-0.3, -0.25) is 9.98 Å². The first kappa shape index (κ1) is 39.2. The molecule has 12 heteroatoms. The fourth-order valence-corrected chi connectivity index (χ4v) is 7.61. The van der Waals surface area contributed by atoms with Crippen LogP contribution in [0.5, 0.6) is 28.7 Å². The molecule has 1 aliphatic rings. The summed E-state index contributed by atoms with van der Waals surface area (Å²) in [5.74, 6) is 4.91. The van der Waals surface area contributed by atoms with Crippen molar-refractivity contribution in [2.24, 2.45) is 4.99 Å². The first-order chi connectivity index (χ1) is 28.9. The number of H-pyrrole nitrogens is 3. The highest BCUT2D eigenvalue weighted by Gasteiger charge is 2.19. The first-order valence-corrected chi connectivity index (χ1v) is 19.0. The van der Waals surface area contributed by atoms with Crippen molar-refractivity contribution < 1.29 is 23.7 Å². The summed E-state index contributed by atoms with van der Waals surface area (Å²) in [6, 6.07) is 30.4. The lowest BCUT2D eigenvalue weighted by Gasteiger charge is -2.14. The van der Waals surface area contributed by atoms with Crippen LogP contribution < -0.4 is 23.7 Å². The summed E-state index contributed by atoms with van der Waals surface area (Å²) in [6.07, 6.45) is 6.51. The maximum absolute atomic E-state index is 5.56. The van der Waals surface area contributed by atoms with Crippen molar-refractivity contribution in [3.05, 3.63) is 115 Å². The number of nitrogens with zero attached hydrogens (tertiary/aromatic N) is 4. The van der Waals surface area contributed by atoms with E-state index in [0.717, 1.165) is 107 Å². The van der Waals surface area contributed by atoms with Gasteiger partial charge in [0.15, 0.2) is 11.5 Å². The Hall–Kier alpha value is -7.60. The Kier molecular flexibility index (Phi) is 10.7. The average Bonchev–Trinajstić information content (AvgIpc) is 4.11. The van der Waals surface area contributed by atoms with Crippen molar-refractivity contribution in [2.45, 2.75) is 20.8 Å². The van der Waals surface area contributed by atoms with Crippen LogP contribution in [0.2, 0.25) is 0 Å². The van der Waals surface area contributed by atoms with Crippen molar-refractivity contribution in [1.29, 1.82) is 0 Å². The minimum absolute atomic E-state index is 0. The number of nitrogens with one attached hydrogen (secondary N) is 3. The molecule has 9 aromatic rings. The largest absolute Gasteiger partial charge is 0.496 e. The van der Waals surface area contributed by atoms with Crippen molar-refractivity contribution in [1.82, 2.24) is 29.9 Å². The molecule has 302 valence electrons. The van der Waals surface area contributed by atoms with E-state index < -0.39 is 0 Å². The molecule has 5 heterocycles. The number of benzene rings is 5. The highest BCUT2D eigenvalue weighted by molar-refractivity contribution is 5.95. The molecule has 0 bridgehead atoms. The third kappa shape index (κ3) is 7.02. The Morgan fingerprint density at radius 2 is 1.23 bits per heavy atom. The lowest BCUT2D eigenvalue weighted by molar-refractivity contribution is 0.324. The van der Waals surface area contributed by atoms with E-state index in [2.05, 4.69) is 67.4 Å². The Balaban J connectivity index is 0.000000164. The Labute approximate surface area is 347 Å². The number of hydrogen-bond acceptors (Lipinski definition) is 9. The summed E-state index contributed by atoms with van der Waals surface area (Å²) in [4.78, 5) is 28.9. The Morgan fingerprint density at radius 3 is 1.93 bits per heavy atom. The molecule has 12 nitrogen and oxygen atoms in total. The van der Waals surface area contributed by atoms with Crippen LogP contribution in [-0.4, -0.2) is 71.7 Å². The van der Waals surface area contributed by atoms with E-state index in [1.807, 2.05) is 67.9 Å². The monoisotopic (exact) mass is 799 g/mol. The van der Waals surface area contributed by atoms with Crippen LogP contribution in [-0.2, 0) is 6.42 Å². The molecule has 0 saturated carbocycles. The number of aromatic amines is 3. The van der Waals surface area contributed by atoms with E-state index in [0.29, 0.717) is 17.2 Å². The molecule has 5 aromatic carbocycles. The molecule has 0 atom stereocenters. The molecule has 0 amide bonds. The molecule has 0 radical (unpaired) electrons. The summed E-state index contributed by atoms with van der Waals surface area (Å²) in [6.45, 7) is 1.99. The molecule has 60 heavy (non-hydrogen) atoms. The molecule has 0 fully saturated rings. The van der Waals surface area contributed by atoms with Gasteiger partial charge in [0, 0.05) is 63.7 Å². The number of aromatic nitrogens is 6. The number of para-hydroxylation sites is 1. The maximum atomic E-state index is 5.56. The van der Waals surface area contributed by atoms with Gasteiger partial charge < -0.3 is 38.6 Å². The van der Waals surface area contributed by atoms with Crippen molar-refractivity contribution in [3.8, 4) is 73.9 Å². The van der Waals surface area contributed by atoms with Gasteiger partial charge in [-0.15, -0.1) is 0 Å². The predicted octanol–water partition coefficient (Wildman–Crippen LogP) is 10.9. The molecule has 4 aromatic heterocycles. The third-order valence-electron chi connectivity index (χ3n) is 10.6. The summed E-state index contributed by atoms with van der Waals surface area (Å²) >= 11 is 0. The minimum atomic E-state index is 0. The van der Waals surface area contributed by atoms with Gasteiger partial charge in [-0.25, -0.2) is 9.97 Å². The van der Waals surface area contributed by atoms with E-state index in [9.17, 15) is 0 Å². The van der Waals surface area contributed by atoms with E-state index in [-0.39, 0.29) is 7.43 Å². The smallest absolute Gasteiger partial charge is 0.203 e. The van der Waals surface area contributed by atoms with Gasteiger partial charge in [0.05, 0.1) is 63.5 Å². The highest BCUT2D eigenvalue weighted by atomic mass is 16.5. The summed E-state index contributed by atoms with van der Waals surface area (Å²) in [5.41, 5.74) is 13.6. The van der Waals surface area contributed by atoms with Gasteiger partial charge >= 0.3 is 0 Å². The van der Waals surface area contributed by atoms with Crippen LogP contribution in [0.4, 0.5) is 5.69 Å². The fourth-order valence-electron chi connectivity index (χ4n) is 7.61. The molecule has 10 rings (SSSR count). The van der Waals surface area contributed by atoms with Crippen LogP contribution in [0.15, 0.2) is 108 Å². The number of ether oxygens (including phenoxy) is 5. The second kappa shape index (κ2) is 16.3. The summed E-state index contributed by atoms with van der Waals surface area (Å²) in [5, 5.41) is 1.14. The fraction of sp³-hybridized carbons (Fsp3) is 0.167. The molecule has 0 saturated heterocycles.